The Bertz CT molecular complexity index is 1080. The molecule has 4 aromatic rings. The van der Waals surface area contributed by atoms with Crippen LogP contribution in [-0.4, -0.2) is 30.2 Å². The first-order chi connectivity index (χ1) is 13.0. The lowest BCUT2D eigenvalue weighted by molar-refractivity contribution is -0.145. The Balaban J connectivity index is 1.73. The molecule has 4 rings (SSSR count). The fraction of sp³-hybridized carbons (Fsp3) is 0.118. The summed E-state index contributed by atoms with van der Waals surface area (Å²) in [6.07, 6.45) is -4.64. The molecule has 0 amide bonds. The molecule has 0 radical (unpaired) electrons. The minimum atomic E-state index is -4.64. The molecule has 0 bridgehead atoms. The first-order valence-corrected chi connectivity index (χ1v) is 8.64. The van der Waals surface area contributed by atoms with E-state index >= 15 is 0 Å². The predicted molar refractivity (Wildman–Crippen MR) is 92.0 cm³/mol. The lowest BCUT2D eigenvalue weighted by Gasteiger charge is -2.10. The highest BCUT2D eigenvalue weighted by Gasteiger charge is 2.35. The van der Waals surface area contributed by atoms with Crippen LogP contribution in [0, 0.1) is 0 Å². The molecule has 0 saturated carbocycles. The molecule has 0 aliphatic heterocycles. The number of halogens is 3. The number of rotatable bonds is 4. The van der Waals surface area contributed by atoms with E-state index < -0.39 is 12.0 Å². The number of fused-ring (bicyclic) bond motifs is 1. The smallest absolute Gasteiger partial charge is 0.224 e. The van der Waals surface area contributed by atoms with Crippen molar-refractivity contribution in [1.82, 2.24) is 30.2 Å². The van der Waals surface area contributed by atoms with Crippen LogP contribution < -0.4 is 0 Å². The van der Waals surface area contributed by atoms with Gasteiger partial charge in [-0.15, -0.1) is 5.10 Å². The molecule has 0 unspecified atom stereocenters. The third kappa shape index (κ3) is 3.75. The van der Waals surface area contributed by atoms with Gasteiger partial charge >= 0.3 is 6.18 Å². The Morgan fingerprint density at radius 2 is 1.67 bits per heavy atom. The summed E-state index contributed by atoms with van der Waals surface area (Å²) in [6, 6.07) is 16.0. The third-order valence-electron chi connectivity index (χ3n) is 3.68. The average Bonchev–Trinajstić information content (AvgIpc) is 3.08. The van der Waals surface area contributed by atoms with E-state index in [-0.39, 0.29) is 10.5 Å². The number of alkyl halides is 3. The second-order valence-corrected chi connectivity index (χ2v) is 6.53. The van der Waals surface area contributed by atoms with Gasteiger partial charge in [-0.1, -0.05) is 48.5 Å². The molecule has 2 heterocycles. The van der Waals surface area contributed by atoms with E-state index in [4.69, 9.17) is 0 Å². The molecular formula is C17H11F3N6S. The molecule has 0 atom stereocenters. The van der Waals surface area contributed by atoms with Crippen molar-refractivity contribution >= 4 is 22.7 Å². The van der Waals surface area contributed by atoms with Crippen LogP contribution in [0.2, 0.25) is 0 Å². The topological polar surface area (TPSA) is 69.4 Å². The first kappa shape index (κ1) is 17.4. The summed E-state index contributed by atoms with van der Waals surface area (Å²) in [5.74, 6) is -1.19. The highest BCUT2D eigenvalue weighted by atomic mass is 32.2. The summed E-state index contributed by atoms with van der Waals surface area (Å²) in [5.41, 5.74) is 1.18. The zero-order valence-electron chi connectivity index (χ0n) is 13.6. The quantitative estimate of drug-likeness (QED) is 0.495. The fourth-order valence-electron chi connectivity index (χ4n) is 2.46. The zero-order valence-corrected chi connectivity index (χ0v) is 14.4. The minimum absolute atomic E-state index is 0.150. The van der Waals surface area contributed by atoms with Gasteiger partial charge in [-0.2, -0.15) is 13.2 Å². The van der Waals surface area contributed by atoms with Crippen LogP contribution in [0.5, 0.6) is 0 Å². The first-order valence-electron chi connectivity index (χ1n) is 7.82. The maximum atomic E-state index is 13.2. The fourth-order valence-corrected chi connectivity index (χ4v) is 3.34. The third-order valence-corrected chi connectivity index (χ3v) is 4.66. The molecule has 27 heavy (non-hydrogen) atoms. The number of hydrogen-bond acceptors (Lipinski definition) is 6. The Morgan fingerprint density at radius 3 is 2.44 bits per heavy atom. The van der Waals surface area contributed by atoms with Crippen molar-refractivity contribution in [3.05, 3.63) is 66.0 Å². The van der Waals surface area contributed by atoms with Crippen LogP contribution in [0.3, 0.4) is 0 Å². The van der Waals surface area contributed by atoms with E-state index in [1.807, 2.05) is 30.3 Å². The molecule has 10 heteroatoms. The van der Waals surface area contributed by atoms with Crippen LogP contribution in [0.4, 0.5) is 13.2 Å². The van der Waals surface area contributed by atoms with Crippen molar-refractivity contribution in [2.24, 2.45) is 0 Å². The standard InChI is InChI=1S/C17H11F3N6S/c18-17(19,20)15-21-13-9-5-4-8-12(13)14(22-15)27-16-23-24-25-26(16)10-11-6-2-1-3-7-11/h1-9H,10H2. The number of hydrogen-bond donors (Lipinski definition) is 0. The van der Waals surface area contributed by atoms with Crippen molar-refractivity contribution in [1.29, 1.82) is 0 Å². The van der Waals surface area contributed by atoms with Crippen LogP contribution >= 0.6 is 11.8 Å². The van der Waals surface area contributed by atoms with Crippen molar-refractivity contribution < 1.29 is 13.2 Å². The van der Waals surface area contributed by atoms with Gasteiger partial charge in [-0.3, -0.25) is 0 Å². The second-order valence-electron chi connectivity index (χ2n) is 5.57. The van der Waals surface area contributed by atoms with Crippen LogP contribution in [0.15, 0.2) is 64.8 Å². The van der Waals surface area contributed by atoms with Gasteiger partial charge in [0.1, 0.15) is 5.03 Å². The number of benzene rings is 2. The number of nitrogens with zero attached hydrogens (tertiary/aromatic N) is 6. The van der Waals surface area contributed by atoms with Crippen molar-refractivity contribution in [3.63, 3.8) is 0 Å². The predicted octanol–water partition coefficient (Wildman–Crippen LogP) is 3.83. The van der Waals surface area contributed by atoms with Gasteiger partial charge in [0.25, 0.3) is 0 Å². The molecule has 0 fully saturated rings. The highest BCUT2D eigenvalue weighted by molar-refractivity contribution is 7.99. The minimum Gasteiger partial charge on any atom is -0.224 e. The Kier molecular flexibility index (Phi) is 4.48. The highest BCUT2D eigenvalue weighted by Crippen LogP contribution is 2.34. The maximum absolute atomic E-state index is 13.2. The lowest BCUT2D eigenvalue weighted by atomic mass is 10.2. The van der Waals surface area contributed by atoms with Gasteiger partial charge in [0.05, 0.1) is 12.1 Å². The Hall–Kier alpha value is -3.01. The Labute approximate surface area is 155 Å². The monoisotopic (exact) mass is 388 g/mol. The van der Waals surface area contributed by atoms with E-state index in [1.165, 1.54) is 10.7 Å². The zero-order chi connectivity index (χ0) is 18.9. The summed E-state index contributed by atoms with van der Waals surface area (Å²) in [6.45, 7) is 0.394. The van der Waals surface area contributed by atoms with Gasteiger partial charge in [-0.05, 0) is 33.8 Å². The molecule has 0 aliphatic carbocycles. The molecule has 0 saturated heterocycles. The molecule has 136 valence electrons. The maximum Gasteiger partial charge on any atom is 0.451 e. The van der Waals surface area contributed by atoms with Crippen LogP contribution in [-0.2, 0) is 12.7 Å². The normalized spacial score (nSPS) is 11.8. The summed E-state index contributed by atoms with van der Waals surface area (Å²) in [7, 11) is 0. The van der Waals surface area contributed by atoms with Crippen molar-refractivity contribution in [2.75, 3.05) is 0 Å². The van der Waals surface area contributed by atoms with Gasteiger partial charge in [0.15, 0.2) is 0 Å². The second kappa shape index (κ2) is 6.95. The molecule has 0 aliphatic rings. The van der Waals surface area contributed by atoms with Crippen molar-refractivity contribution in [3.8, 4) is 0 Å². The lowest BCUT2D eigenvalue weighted by Crippen LogP contribution is -2.12. The van der Waals surface area contributed by atoms with E-state index in [1.54, 1.807) is 18.2 Å². The van der Waals surface area contributed by atoms with E-state index in [9.17, 15) is 13.2 Å². The van der Waals surface area contributed by atoms with E-state index in [0.717, 1.165) is 17.3 Å². The van der Waals surface area contributed by atoms with Crippen LogP contribution in [0.1, 0.15) is 11.4 Å². The number of aromatic nitrogens is 6. The molecule has 0 N–H and O–H groups in total. The molecule has 2 aromatic heterocycles. The Morgan fingerprint density at radius 1 is 0.926 bits per heavy atom. The van der Waals surface area contributed by atoms with Gasteiger partial charge in [0.2, 0.25) is 11.0 Å². The number of para-hydroxylation sites is 1. The van der Waals surface area contributed by atoms with E-state index in [2.05, 4.69) is 25.5 Å². The van der Waals surface area contributed by atoms with Gasteiger partial charge in [0, 0.05) is 5.39 Å². The molecular weight excluding hydrogens is 377 g/mol. The van der Waals surface area contributed by atoms with Crippen molar-refractivity contribution in [2.45, 2.75) is 22.9 Å². The SMILES string of the molecule is FC(F)(F)c1nc(Sc2nnnn2Cc2ccccc2)c2ccccc2n1. The molecule has 6 nitrogen and oxygen atoms in total. The van der Waals surface area contributed by atoms with E-state index in [0.29, 0.717) is 17.1 Å². The molecule has 0 spiro atoms. The summed E-state index contributed by atoms with van der Waals surface area (Å²) in [4.78, 5) is 7.33. The summed E-state index contributed by atoms with van der Waals surface area (Å²) < 4.78 is 41.0. The summed E-state index contributed by atoms with van der Waals surface area (Å²) >= 11 is 0.976. The van der Waals surface area contributed by atoms with Gasteiger partial charge < -0.3 is 0 Å². The van der Waals surface area contributed by atoms with Gasteiger partial charge in [-0.25, -0.2) is 14.6 Å². The summed E-state index contributed by atoms with van der Waals surface area (Å²) in [5, 5.41) is 12.5. The largest absolute Gasteiger partial charge is 0.451 e. The number of tetrazole rings is 1. The van der Waals surface area contributed by atoms with Crippen LogP contribution in [0.25, 0.3) is 10.9 Å². The average molecular weight is 388 g/mol. The molecule has 2 aromatic carbocycles.